The standard InChI is InChI=1S/C9H9N3O2/c1-12-8(14)5-3-2-4-6(13)7(5)11-9(12)10/h2-4,13H,1H3,(H2,10,11). The number of fused-ring (bicyclic) bond motifs is 1. The van der Waals surface area contributed by atoms with E-state index in [0.29, 0.717) is 5.39 Å². The first kappa shape index (κ1) is 8.55. The van der Waals surface area contributed by atoms with Gasteiger partial charge in [0, 0.05) is 7.05 Å². The van der Waals surface area contributed by atoms with Crippen molar-refractivity contribution in [1.82, 2.24) is 9.55 Å². The molecule has 0 aliphatic heterocycles. The molecule has 2 rings (SSSR count). The monoisotopic (exact) mass is 191 g/mol. The average molecular weight is 191 g/mol. The van der Waals surface area contributed by atoms with Gasteiger partial charge in [0.15, 0.2) is 0 Å². The maximum absolute atomic E-state index is 11.6. The van der Waals surface area contributed by atoms with Crippen molar-refractivity contribution in [3.63, 3.8) is 0 Å². The molecule has 0 aliphatic carbocycles. The zero-order valence-electron chi connectivity index (χ0n) is 7.56. The van der Waals surface area contributed by atoms with Crippen LogP contribution in [-0.2, 0) is 7.05 Å². The van der Waals surface area contributed by atoms with Crippen LogP contribution in [0.4, 0.5) is 5.95 Å². The normalized spacial score (nSPS) is 10.6. The minimum atomic E-state index is -0.261. The molecule has 1 aromatic heterocycles. The number of benzene rings is 1. The van der Waals surface area contributed by atoms with E-state index in [-0.39, 0.29) is 22.8 Å². The second-order valence-electron chi connectivity index (χ2n) is 3.01. The van der Waals surface area contributed by atoms with Gasteiger partial charge >= 0.3 is 0 Å². The molecule has 0 spiro atoms. The number of nitrogens with zero attached hydrogens (tertiary/aromatic N) is 2. The van der Waals surface area contributed by atoms with E-state index in [1.54, 1.807) is 12.1 Å². The van der Waals surface area contributed by atoms with Gasteiger partial charge in [0.1, 0.15) is 11.3 Å². The van der Waals surface area contributed by atoms with Crippen LogP contribution in [0, 0.1) is 0 Å². The number of anilines is 1. The second kappa shape index (κ2) is 2.73. The van der Waals surface area contributed by atoms with E-state index >= 15 is 0 Å². The van der Waals surface area contributed by atoms with Gasteiger partial charge in [0.2, 0.25) is 5.95 Å². The number of rotatable bonds is 0. The number of phenolic OH excluding ortho intramolecular Hbond substituents is 1. The summed E-state index contributed by atoms with van der Waals surface area (Å²) in [6, 6.07) is 4.66. The molecule has 0 aliphatic rings. The number of hydrogen-bond acceptors (Lipinski definition) is 4. The van der Waals surface area contributed by atoms with E-state index in [9.17, 15) is 9.90 Å². The Hall–Kier alpha value is -2.04. The number of phenols is 1. The topological polar surface area (TPSA) is 81.1 Å². The van der Waals surface area contributed by atoms with Crippen molar-refractivity contribution >= 4 is 16.9 Å². The van der Waals surface area contributed by atoms with Gasteiger partial charge in [-0.05, 0) is 12.1 Å². The Morgan fingerprint density at radius 1 is 1.50 bits per heavy atom. The Balaban J connectivity index is 3.06. The van der Waals surface area contributed by atoms with E-state index < -0.39 is 0 Å². The van der Waals surface area contributed by atoms with Crippen molar-refractivity contribution in [2.24, 2.45) is 7.05 Å². The molecule has 72 valence electrons. The lowest BCUT2D eigenvalue weighted by Crippen LogP contribution is -2.21. The summed E-state index contributed by atoms with van der Waals surface area (Å²) < 4.78 is 1.24. The van der Waals surface area contributed by atoms with Gasteiger partial charge in [-0.3, -0.25) is 9.36 Å². The zero-order chi connectivity index (χ0) is 10.3. The summed E-state index contributed by atoms with van der Waals surface area (Å²) in [6.45, 7) is 0. The molecule has 0 radical (unpaired) electrons. The summed E-state index contributed by atoms with van der Waals surface area (Å²) in [6.07, 6.45) is 0. The van der Waals surface area contributed by atoms with Gasteiger partial charge in [-0.2, -0.15) is 0 Å². The van der Waals surface area contributed by atoms with E-state index in [1.807, 2.05) is 0 Å². The van der Waals surface area contributed by atoms with Crippen LogP contribution >= 0.6 is 0 Å². The molecule has 0 saturated carbocycles. The number of nitrogen functional groups attached to an aromatic ring is 1. The molecule has 5 heteroatoms. The third-order valence-corrected chi connectivity index (χ3v) is 2.12. The van der Waals surface area contributed by atoms with Crippen LogP contribution in [0.2, 0.25) is 0 Å². The third-order valence-electron chi connectivity index (χ3n) is 2.12. The number of para-hydroxylation sites is 1. The lowest BCUT2D eigenvalue weighted by Gasteiger charge is -2.04. The quantitative estimate of drug-likeness (QED) is 0.624. The maximum atomic E-state index is 11.6. The highest BCUT2D eigenvalue weighted by atomic mass is 16.3. The zero-order valence-corrected chi connectivity index (χ0v) is 7.56. The predicted octanol–water partition coefficient (Wildman–Crippen LogP) is 0.221. The van der Waals surface area contributed by atoms with Crippen molar-refractivity contribution in [1.29, 1.82) is 0 Å². The van der Waals surface area contributed by atoms with E-state index in [2.05, 4.69) is 4.98 Å². The highest BCUT2D eigenvalue weighted by Gasteiger charge is 2.07. The van der Waals surface area contributed by atoms with E-state index in [0.717, 1.165) is 0 Å². The van der Waals surface area contributed by atoms with Gasteiger partial charge in [-0.1, -0.05) is 6.07 Å². The van der Waals surface area contributed by atoms with Gasteiger partial charge in [-0.25, -0.2) is 4.98 Å². The first-order chi connectivity index (χ1) is 6.61. The SMILES string of the molecule is Cn1c(N)nc2c(O)cccc2c1=O. The third kappa shape index (κ3) is 1.02. The van der Waals surface area contributed by atoms with Gasteiger partial charge < -0.3 is 10.8 Å². The van der Waals surface area contributed by atoms with E-state index in [1.165, 1.54) is 17.7 Å². The van der Waals surface area contributed by atoms with Crippen LogP contribution in [0.3, 0.4) is 0 Å². The van der Waals surface area contributed by atoms with Gasteiger partial charge in [0.25, 0.3) is 5.56 Å². The molecule has 0 amide bonds. The van der Waals surface area contributed by atoms with Crippen molar-refractivity contribution in [2.75, 3.05) is 5.73 Å². The predicted molar refractivity (Wildman–Crippen MR) is 53.1 cm³/mol. The fraction of sp³-hybridized carbons (Fsp3) is 0.111. The number of aromatic nitrogens is 2. The summed E-state index contributed by atoms with van der Waals surface area (Å²) in [5.41, 5.74) is 5.48. The molecule has 0 bridgehead atoms. The fourth-order valence-electron chi connectivity index (χ4n) is 1.30. The van der Waals surface area contributed by atoms with Crippen molar-refractivity contribution in [2.45, 2.75) is 0 Å². The molecule has 0 saturated heterocycles. The molecular formula is C9H9N3O2. The lowest BCUT2D eigenvalue weighted by atomic mass is 10.2. The second-order valence-corrected chi connectivity index (χ2v) is 3.01. The molecule has 1 aromatic carbocycles. The molecular weight excluding hydrogens is 182 g/mol. The first-order valence-electron chi connectivity index (χ1n) is 4.05. The highest BCUT2D eigenvalue weighted by molar-refractivity contribution is 5.84. The van der Waals surface area contributed by atoms with Crippen LogP contribution < -0.4 is 11.3 Å². The van der Waals surface area contributed by atoms with Gasteiger partial charge in [-0.15, -0.1) is 0 Å². The summed E-state index contributed by atoms with van der Waals surface area (Å²) >= 11 is 0. The number of hydrogen-bond donors (Lipinski definition) is 2. The molecule has 0 atom stereocenters. The molecule has 0 unspecified atom stereocenters. The van der Waals surface area contributed by atoms with Crippen LogP contribution in [0.25, 0.3) is 10.9 Å². The Kier molecular flexibility index (Phi) is 1.67. The average Bonchev–Trinajstić information content (AvgIpc) is 2.17. The van der Waals surface area contributed by atoms with Crippen LogP contribution in [0.5, 0.6) is 5.75 Å². The fourth-order valence-corrected chi connectivity index (χ4v) is 1.30. The van der Waals surface area contributed by atoms with Gasteiger partial charge in [0.05, 0.1) is 5.39 Å². The number of nitrogens with two attached hydrogens (primary N) is 1. The Morgan fingerprint density at radius 3 is 2.93 bits per heavy atom. The summed E-state index contributed by atoms with van der Waals surface area (Å²) in [5, 5.41) is 9.81. The Morgan fingerprint density at radius 2 is 2.21 bits per heavy atom. The van der Waals surface area contributed by atoms with Crippen LogP contribution in [0.15, 0.2) is 23.0 Å². The minimum Gasteiger partial charge on any atom is -0.506 e. The Labute approximate surface area is 79.4 Å². The highest BCUT2D eigenvalue weighted by Crippen LogP contribution is 2.19. The summed E-state index contributed by atoms with van der Waals surface area (Å²) in [4.78, 5) is 15.6. The molecule has 2 aromatic rings. The van der Waals surface area contributed by atoms with Crippen LogP contribution in [0.1, 0.15) is 0 Å². The minimum absolute atomic E-state index is 0.0353. The number of aromatic hydroxyl groups is 1. The van der Waals surface area contributed by atoms with Crippen molar-refractivity contribution in [3.05, 3.63) is 28.6 Å². The smallest absolute Gasteiger partial charge is 0.262 e. The van der Waals surface area contributed by atoms with Crippen molar-refractivity contribution < 1.29 is 5.11 Å². The Bertz CT molecular complexity index is 560. The van der Waals surface area contributed by atoms with Crippen LogP contribution in [-0.4, -0.2) is 14.7 Å². The summed E-state index contributed by atoms with van der Waals surface area (Å²) in [5.74, 6) is 0.0518. The largest absolute Gasteiger partial charge is 0.506 e. The van der Waals surface area contributed by atoms with E-state index in [4.69, 9.17) is 5.73 Å². The first-order valence-corrected chi connectivity index (χ1v) is 4.05. The molecule has 1 heterocycles. The molecule has 0 fully saturated rings. The molecule has 5 nitrogen and oxygen atoms in total. The lowest BCUT2D eigenvalue weighted by molar-refractivity contribution is 0.480. The molecule has 3 N–H and O–H groups in total. The van der Waals surface area contributed by atoms with Crippen molar-refractivity contribution in [3.8, 4) is 5.75 Å². The maximum Gasteiger partial charge on any atom is 0.262 e. The summed E-state index contributed by atoms with van der Waals surface area (Å²) in [7, 11) is 1.54. The molecule has 14 heavy (non-hydrogen) atoms.